The van der Waals surface area contributed by atoms with Crippen LogP contribution >= 0.6 is 12.2 Å². The molecule has 0 aliphatic heterocycles. The number of nitrogens with one attached hydrogen (secondary N) is 1. The molecule has 0 atom stereocenters. The van der Waals surface area contributed by atoms with Crippen molar-refractivity contribution in [3.8, 4) is 0 Å². The van der Waals surface area contributed by atoms with E-state index in [0.29, 0.717) is 16.8 Å². The number of aromatic amines is 1. The van der Waals surface area contributed by atoms with Crippen LogP contribution in [0.2, 0.25) is 0 Å². The summed E-state index contributed by atoms with van der Waals surface area (Å²) in [6.07, 6.45) is 0. The van der Waals surface area contributed by atoms with Gasteiger partial charge in [0.2, 0.25) is 0 Å². The average molecular weight is 234 g/mol. The van der Waals surface area contributed by atoms with E-state index in [2.05, 4.69) is 9.97 Å². The number of aromatic nitrogens is 2. The maximum absolute atomic E-state index is 11.5. The van der Waals surface area contributed by atoms with Gasteiger partial charge in [0.1, 0.15) is 4.64 Å². The van der Waals surface area contributed by atoms with Crippen molar-refractivity contribution >= 4 is 29.2 Å². The van der Waals surface area contributed by atoms with Gasteiger partial charge in [-0.3, -0.25) is 0 Å². The molecule has 2 rings (SSSR count). The summed E-state index contributed by atoms with van der Waals surface area (Å²) in [4.78, 5) is 18.7. The summed E-state index contributed by atoms with van der Waals surface area (Å²) >= 11 is 5.05. The van der Waals surface area contributed by atoms with Gasteiger partial charge in [0.05, 0.1) is 17.6 Å². The van der Waals surface area contributed by atoms with Gasteiger partial charge in [0, 0.05) is 0 Å². The number of carbonyl (C=O) groups excluding carboxylic acids is 1. The number of fused-ring (bicyclic) bond motifs is 1. The zero-order valence-corrected chi connectivity index (χ0v) is 9.50. The van der Waals surface area contributed by atoms with Gasteiger partial charge in [-0.2, -0.15) is 0 Å². The Morgan fingerprint density at radius 1 is 1.50 bits per heavy atom. The lowest BCUT2D eigenvalue weighted by atomic mass is 10.3. The fourth-order valence-corrected chi connectivity index (χ4v) is 1.61. The van der Waals surface area contributed by atoms with E-state index in [1.807, 2.05) is 24.3 Å². The summed E-state index contributed by atoms with van der Waals surface area (Å²) in [7, 11) is 0. The number of ether oxygens (including phenoxy) is 1. The number of hydrogen-bond donors (Lipinski definition) is 1. The van der Waals surface area contributed by atoms with Gasteiger partial charge in [-0.15, -0.1) is 0 Å². The van der Waals surface area contributed by atoms with Gasteiger partial charge >= 0.3 is 5.97 Å². The van der Waals surface area contributed by atoms with Crippen molar-refractivity contribution in [2.24, 2.45) is 0 Å². The van der Waals surface area contributed by atoms with Gasteiger partial charge in [-0.1, -0.05) is 24.4 Å². The van der Waals surface area contributed by atoms with E-state index >= 15 is 0 Å². The second kappa shape index (κ2) is 4.40. The quantitative estimate of drug-likeness (QED) is 0.640. The third-order valence-electron chi connectivity index (χ3n) is 2.07. The minimum absolute atomic E-state index is 0.163. The summed E-state index contributed by atoms with van der Waals surface area (Å²) in [6.45, 7) is 2.05. The minimum atomic E-state index is -0.491. The van der Waals surface area contributed by atoms with Gasteiger partial charge in [-0.25, -0.2) is 9.78 Å². The Bertz CT molecular complexity index is 592. The van der Waals surface area contributed by atoms with E-state index in [4.69, 9.17) is 17.0 Å². The normalized spacial score (nSPS) is 10.3. The summed E-state index contributed by atoms with van der Waals surface area (Å²) in [5.74, 6) is -0.491. The van der Waals surface area contributed by atoms with Crippen LogP contribution in [-0.4, -0.2) is 22.5 Å². The molecular weight excluding hydrogens is 224 g/mol. The molecule has 0 unspecified atom stereocenters. The standard InChI is InChI=1S/C11H10N2O2S/c1-2-15-11(14)9-10(16)13-8-6-4-3-5-7(8)12-9/h3-6H,2H2,1H3,(H,13,16). The lowest BCUT2D eigenvalue weighted by Crippen LogP contribution is -2.09. The van der Waals surface area contributed by atoms with E-state index < -0.39 is 5.97 Å². The van der Waals surface area contributed by atoms with Crippen LogP contribution in [0.5, 0.6) is 0 Å². The fourth-order valence-electron chi connectivity index (χ4n) is 1.37. The van der Waals surface area contributed by atoms with Crippen molar-refractivity contribution < 1.29 is 9.53 Å². The molecule has 0 aliphatic rings. The fraction of sp³-hybridized carbons (Fsp3) is 0.182. The first-order valence-corrected chi connectivity index (χ1v) is 5.29. The monoisotopic (exact) mass is 234 g/mol. The van der Waals surface area contributed by atoms with Crippen LogP contribution < -0.4 is 0 Å². The van der Waals surface area contributed by atoms with Crippen LogP contribution in [0.25, 0.3) is 11.0 Å². The van der Waals surface area contributed by atoms with E-state index in [1.165, 1.54) is 0 Å². The first-order valence-electron chi connectivity index (χ1n) is 4.88. The number of carbonyl (C=O) groups is 1. The van der Waals surface area contributed by atoms with Crippen LogP contribution in [0.4, 0.5) is 0 Å². The van der Waals surface area contributed by atoms with Crippen molar-refractivity contribution in [1.82, 2.24) is 9.97 Å². The molecule has 1 heterocycles. The summed E-state index contributed by atoms with van der Waals surface area (Å²) in [5.41, 5.74) is 1.66. The predicted octanol–water partition coefficient (Wildman–Crippen LogP) is 2.47. The molecular formula is C11H10N2O2S. The lowest BCUT2D eigenvalue weighted by Gasteiger charge is -2.03. The SMILES string of the molecule is CCOC(=O)c1nc2ccccc2[nH]c1=S. The Balaban J connectivity index is 2.58. The highest BCUT2D eigenvalue weighted by Crippen LogP contribution is 2.10. The number of para-hydroxylation sites is 2. The largest absolute Gasteiger partial charge is 0.461 e. The third-order valence-corrected chi connectivity index (χ3v) is 2.36. The first-order chi connectivity index (χ1) is 7.72. The molecule has 0 amide bonds. The molecule has 1 aromatic carbocycles. The zero-order valence-electron chi connectivity index (χ0n) is 8.69. The van der Waals surface area contributed by atoms with Gasteiger partial charge in [-0.05, 0) is 19.1 Å². The Hall–Kier alpha value is -1.75. The number of nitrogens with zero attached hydrogens (tertiary/aromatic N) is 1. The van der Waals surface area contributed by atoms with Crippen molar-refractivity contribution in [2.45, 2.75) is 6.92 Å². The molecule has 5 heteroatoms. The smallest absolute Gasteiger partial charge is 0.360 e. The molecule has 0 saturated carbocycles. The van der Waals surface area contributed by atoms with Crippen LogP contribution in [0.15, 0.2) is 24.3 Å². The van der Waals surface area contributed by atoms with E-state index in [9.17, 15) is 4.79 Å². The summed E-state index contributed by atoms with van der Waals surface area (Å²) in [5, 5.41) is 0. The molecule has 0 fully saturated rings. The number of hydrogen-bond acceptors (Lipinski definition) is 4. The molecule has 0 spiro atoms. The molecule has 0 radical (unpaired) electrons. The van der Waals surface area contributed by atoms with Gasteiger partial charge < -0.3 is 9.72 Å². The highest BCUT2D eigenvalue weighted by atomic mass is 32.1. The van der Waals surface area contributed by atoms with Gasteiger partial charge in [0.15, 0.2) is 5.69 Å². The van der Waals surface area contributed by atoms with E-state index in [0.717, 1.165) is 5.52 Å². The first kappa shape index (κ1) is 10.8. The Morgan fingerprint density at radius 3 is 3.00 bits per heavy atom. The molecule has 1 aromatic heterocycles. The molecule has 0 bridgehead atoms. The summed E-state index contributed by atoms with van der Waals surface area (Å²) in [6, 6.07) is 7.39. The summed E-state index contributed by atoms with van der Waals surface area (Å²) < 4.78 is 5.17. The average Bonchev–Trinajstić information content (AvgIpc) is 2.28. The molecule has 16 heavy (non-hydrogen) atoms. The highest BCUT2D eigenvalue weighted by Gasteiger charge is 2.11. The number of rotatable bonds is 2. The van der Waals surface area contributed by atoms with Crippen molar-refractivity contribution in [1.29, 1.82) is 0 Å². The Morgan fingerprint density at radius 2 is 2.25 bits per heavy atom. The molecule has 82 valence electrons. The van der Waals surface area contributed by atoms with Crippen molar-refractivity contribution in [3.63, 3.8) is 0 Å². The molecule has 0 saturated heterocycles. The third kappa shape index (κ3) is 1.94. The molecule has 2 aromatic rings. The maximum atomic E-state index is 11.5. The second-order valence-corrected chi connectivity index (χ2v) is 3.56. The topological polar surface area (TPSA) is 55.0 Å². The minimum Gasteiger partial charge on any atom is -0.461 e. The van der Waals surface area contributed by atoms with E-state index in [-0.39, 0.29) is 5.69 Å². The number of esters is 1. The molecule has 0 aliphatic carbocycles. The van der Waals surface area contributed by atoms with Crippen LogP contribution in [0, 0.1) is 4.64 Å². The predicted molar refractivity (Wildman–Crippen MR) is 62.9 cm³/mol. The maximum Gasteiger partial charge on any atom is 0.360 e. The zero-order chi connectivity index (χ0) is 11.5. The van der Waals surface area contributed by atoms with E-state index in [1.54, 1.807) is 6.92 Å². The van der Waals surface area contributed by atoms with Crippen molar-refractivity contribution in [3.05, 3.63) is 34.6 Å². The molecule has 1 N–H and O–H groups in total. The van der Waals surface area contributed by atoms with Crippen LogP contribution in [0.1, 0.15) is 17.4 Å². The van der Waals surface area contributed by atoms with Crippen molar-refractivity contribution in [2.75, 3.05) is 6.61 Å². The second-order valence-electron chi connectivity index (χ2n) is 3.15. The highest BCUT2D eigenvalue weighted by molar-refractivity contribution is 7.71. The van der Waals surface area contributed by atoms with Crippen LogP contribution in [0.3, 0.4) is 0 Å². The van der Waals surface area contributed by atoms with Crippen LogP contribution in [-0.2, 0) is 4.74 Å². The Labute approximate surface area is 97.3 Å². The number of H-pyrrole nitrogens is 1. The number of benzene rings is 1. The molecule has 4 nitrogen and oxygen atoms in total. The van der Waals surface area contributed by atoms with Gasteiger partial charge in [0.25, 0.3) is 0 Å². The lowest BCUT2D eigenvalue weighted by molar-refractivity contribution is 0.0518. The Kier molecular flexibility index (Phi) is 2.96.